The minimum absolute atomic E-state index is 0.0450. The number of hydrogen-bond acceptors (Lipinski definition) is 6. The van der Waals surface area contributed by atoms with Gasteiger partial charge in [-0.05, 0) is 18.6 Å². The lowest BCUT2D eigenvalue weighted by Gasteiger charge is -2.10. The van der Waals surface area contributed by atoms with E-state index in [1.54, 1.807) is 17.8 Å². The fraction of sp³-hybridized carbons (Fsp3) is 0.444. The molecule has 0 bridgehead atoms. The van der Waals surface area contributed by atoms with Gasteiger partial charge in [-0.25, -0.2) is 4.79 Å². The second-order valence-electron chi connectivity index (χ2n) is 5.36. The molecule has 1 aromatic heterocycles. The Morgan fingerprint density at radius 2 is 2.00 bits per heavy atom. The molecule has 24 heavy (non-hydrogen) atoms. The molecule has 0 aliphatic carbocycles. The summed E-state index contributed by atoms with van der Waals surface area (Å²) in [5, 5.41) is 0.782. The van der Waals surface area contributed by atoms with Gasteiger partial charge < -0.3 is 13.9 Å². The van der Waals surface area contributed by atoms with Crippen molar-refractivity contribution in [1.82, 2.24) is 0 Å². The van der Waals surface area contributed by atoms with Crippen LogP contribution >= 0.6 is 11.8 Å². The molecule has 0 radical (unpaired) electrons. The van der Waals surface area contributed by atoms with Crippen LogP contribution in [0.25, 0.3) is 11.0 Å². The molecule has 0 saturated carbocycles. The summed E-state index contributed by atoms with van der Waals surface area (Å²) in [5.74, 6) is 1.82. The highest BCUT2D eigenvalue weighted by molar-refractivity contribution is 7.99. The van der Waals surface area contributed by atoms with Crippen LogP contribution in [0.3, 0.4) is 0 Å². The Bertz CT molecular complexity index is 725. The van der Waals surface area contributed by atoms with Crippen molar-refractivity contribution in [2.24, 2.45) is 5.92 Å². The van der Waals surface area contributed by atoms with Crippen LogP contribution in [-0.4, -0.2) is 30.7 Å². The largest absolute Gasteiger partial charge is 0.492 e. The molecule has 1 atom stereocenters. The van der Waals surface area contributed by atoms with Gasteiger partial charge in [0.15, 0.2) is 0 Å². The third-order valence-corrected chi connectivity index (χ3v) is 4.49. The lowest BCUT2D eigenvalue weighted by Crippen LogP contribution is -2.15. The maximum atomic E-state index is 11.5. The summed E-state index contributed by atoms with van der Waals surface area (Å²) in [5.41, 5.74) is 0.0953. The van der Waals surface area contributed by atoms with E-state index in [2.05, 4.69) is 0 Å². The van der Waals surface area contributed by atoms with Crippen LogP contribution in [0.4, 0.5) is 0 Å². The highest BCUT2D eigenvalue weighted by Crippen LogP contribution is 2.23. The van der Waals surface area contributed by atoms with Gasteiger partial charge in [-0.15, -0.1) is 0 Å². The molecule has 0 aliphatic heterocycles. The first kappa shape index (κ1) is 18.4. The van der Waals surface area contributed by atoms with Gasteiger partial charge in [0, 0.05) is 11.5 Å². The number of hydrogen-bond donors (Lipinski definition) is 0. The maximum Gasteiger partial charge on any atom is 0.339 e. The molecule has 2 aromatic rings. The minimum atomic E-state index is -0.423. The Kier molecular flexibility index (Phi) is 7.18. The Labute approximate surface area is 145 Å². The Morgan fingerprint density at radius 1 is 1.25 bits per heavy atom. The molecule has 6 heteroatoms. The zero-order valence-corrected chi connectivity index (χ0v) is 14.8. The summed E-state index contributed by atoms with van der Waals surface area (Å²) >= 11 is 1.64. The number of esters is 1. The van der Waals surface area contributed by atoms with Crippen LogP contribution in [0.5, 0.6) is 5.75 Å². The number of fused-ring (bicyclic) bond motifs is 1. The molecular weight excluding hydrogens is 328 g/mol. The number of ether oxygens (including phenoxy) is 2. The first-order valence-corrected chi connectivity index (χ1v) is 9.17. The summed E-state index contributed by atoms with van der Waals surface area (Å²) in [6, 6.07) is 8.64. The van der Waals surface area contributed by atoms with E-state index < -0.39 is 5.63 Å². The van der Waals surface area contributed by atoms with E-state index in [0.717, 1.165) is 23.3 Å². The first-order valence-electron chi connectivity index (χ1n) is 8.02. The van der Waals surface area contributed by atoms with Gasteiger partial charge in [0.2, 0.25) is 0 Å². The van der Waals surface area contributed by atoms with Crippen molar-refractivity contribution in [3.63, 3.8) is 0 Å². The highest BCUT2D eigenvalue weighted by atomic mass is 32.2. The average molecular weight is 350 g/mol. The fourth-order valence-electron chi connectivity index (χ4n) is 2.02. The minimum Gasteiger partial charge on any atom is -0.492 e. The molecule has 2 rings (SSSR count). The number of para-hydroxylation sites is 1. The van der Waals surface area contributed by atoms with Gasteiger partial charge in [-0.2, -0.15) is 11.8 Å². The van der Waals surface area contributed by atoms with E-state index in [4.69, 9.17) is 13.9 Å². The zero-order valence-electron chi connectivity index (χ0n) is 13.9. The van der Waals surface area contributed by atoms with Crippen molar-refractivity contribution >= 4 is 28.7 Å². The predicted octanol–water partition coefficient (Wildman–Crippen LogP) is 3.49. The quantitative estimate of drug-likeness (QED) is 0.392. The normalized spacial score (nSPS) is 12.1. The first-order chi connectivity index (χ1) is 11.6. The Morgan fingerprint density at radius 3 is 2.79 bits per heavy atom. The number of carbonyl (C=O) groups excluding carboxylic acids is 1. The van der Waals surface area contributed by atoms with Crippen molar-refractivity contribution in [2.75, 3.05) is 24.7 Å². The second-order valence-corrected chi connectivity index (χ2v) is 6.59. The van der Waals surface area contributed by atoms with E-state index in [1.807, 2.05) is 32.0 Å². The van der Waals surface area contributed by atoms with E-state index in [1.165, 1.54) is 6.07 Å². The lowest BCUT2D eigenvalue weighted by atomic mass is 10.1. The van der Waals surface area contributed by atoms with Crippen molar-refractivity contribution < 1.29 is 18.7 Å². The Balaban J connectivity index is 1.72. The molecular formula is C18H22O5S. The van der Waals surface area contributed by atoms with E-state index in [0.29, 0.717) is 24.5 Å². The van der Waals surface area contributed by atoms with Crippen molar-refractivity contribution in [3.05, 3.63) is 40.8 Å². The fourth-order valence-corrected chi connectivity index (χ4v) is 2.63. The van der Waals surface area contributed by atoms with Crippen LogP contribution in [0.1, 0.15) is 20.3 Å². The molecule has 1 heterocycles. The van der Waals surface area contributed by atoms with Crippen molar-refractivity contribution in [2.45, 2.75) is 20.3 Å². The summed E-state index contributed by atoms with van der Waals surface area (Å²) < 4.78 is 16.0. The smallest absolute Gasteiger partial charge is 0.339 e. The van der Waals surface area contributed by atoms with Crippen LogP contribution in [-0.2, 0) is 9.53 Å². The molecule has 130 valence electrons. The standard InChI is InChI=1S/C18H22O5S/c1-3-13(2)18(20)22-9-11-24-10-8-21-16-12-17(19)23-15-7-5-4-6-14(15)16/h4-7,12-13H,3,8-11H2,1-2H3. The van der Waals surface area contributed by atoms with Gasteiger partial charge in [0.1, 0.15) is 17.9 Å². The number of carbonyl (C=O) groups is 1. The number of thioether (sulfide) groups is 1. The second kappa shape index (κ2) is 9.37. The molecule has 1 aromatic carbocycles. The van der Waals surface area contributed by atoms with Gasteiger partial charge in [0.05, 0.1) is 24.0 Å². The third-order valence-electron chi connectivity index (χ3n) is 3.58. The summed E-state index contributed by atoms with van der Waals surface area (Å²) in [7, 11) is 0. The average Bonchev–Trinajstić information content (AvgIpc) is 2.59. The van der Waals surface area contributed by atoms with E-state index >= 15 is 0 Å². The summed E-state index contributed by atoms with van der Waals surface area (Å²) in [6.07, 6.45) is 0.791. The summed E-state index contributed by atoms with van der Waals surface area (Å²) in [4.78, 5) is 23.0. The molecule has 5 nitrogen and oxygen atoms in total. The highest BCUT2D eigenvalue weighted by Gasteiger charge is 2.11. The monoisotopic (exact) mass is 350 g/mol. The molecule has 0 saturated heterocycles. The Hall–Kier alpha value is -1.95. The van der Waals surface area contributed by atoms with Crippen LogP contribution in [0.2, 0.25) is 0 Å². The van der Waals surface area contributed by atoms with Gasteiger partial charge >= 0.3 is 11.6 Å². The van der Waals surface area contributed by atoms with Crippen LogP contribution in [0, 0.1) is 5.92 Å². The zero-order chi connectivity index (χ0) is 17.4. The van der Waals surface area contributed by atoms with Crippen LogP contribution < -0.4 is 10.4 Å². The van der Waals surface area contributed by atoms with Crippen molar-refractivity contribution in [1.29, 1.82) is 0 Å². The van der Waals surface area contributed by atoms with Crippen LogP contribution in [0.15, 0.2) is 39.5 Å². The SMILES string of the molecule is CCC(C)C(=O)OCCSCCOc1cc(=O)oc2ccccc12. The molecule has 0 amide bonds. The predicted molar refractivity (Wildman–Crippen MR) is 95.7 cm³/mol. The molecule has 0 spiro atoms. The maximum absolute atomic E-state index is 11.5. The van der Waals surface area contributed by atoms with Gasteiger partial charge in [0.25, 0.3) is 0 Å². The van der Waals surface area contributed by atoms with E-state index in [-0.39, 0.29) is 11.9 Å². The van der Waals surface area contributed by atoms with Gasteiger partial charge in [-0.1, -0.05) is 26.0 Å². The number of rotatable bonds is 9. The number of benzene rings is 1. The third kappa shape index (κ3) is 5.30. The molecule has 0 fully saturated rings. The van der Waals surface area contributed by atoms with Crippen molar-refractivity contribution in [3.8, 4) is 5.75 Å². The summed E-state index contributed by atoms with van der Waals surface area (Å²) in [6.45, 7) is 4.71. The van der Waals surface area contributed by atoms with Gasteiger partial charge in [-0.3, -0.25) is 4.79 Å². The molecule has 1 unspecified atom stereocenters. The molecule has 0 N–H and O–H groups in total. The topological polar surface area (TPSA) is 65.7 Å². The lowest BCUT2D eigenvalue weighted by molar-refractivity contribution is -0.147. The molecule has 0 aliphatic rings. The van der Waals surface area contributed by atoms with E-state index in [9.17, 15) is 9.59 Å².